The second-order valence-corrected chi connectivity index (χ2v) is 8.22. The van der Waals surface area contributed by atoms with Gasteiger partial charge in [-0.2, -0.15) is 4.98 Å². The van der Waals surface area contributed by atoms with Gasteiger partial charge < -0.3 is 23.5 Å². The SMILES string of the molecule is COC(=O)c1ccnc(Oc2ncc3ncn(Cc4ccc(OC)c(OC5CCCC5)c4)c3n2)c1. The summed E-state index contributed by atoms with van der Waals surface area (Å²) in [5.41, 5.74) is 2.57. The molecule has 0 radical (unpaired) electrons. The monoisotopic (exact) mass is 475 g/mol. The molecule has 1 aliphatic rings. The number of rotatable bonds is 8. The normalized spacial score (nSPS) is 13.7. The predicted octanol–water partition coefficient (Wildman–Crippen LogP) is 4.18. The summed E-state index contributed by atoms with van der Waals surface area (Å²) in [6.45, 7) is 0.522. The molecule has 3 aromatic heterocycles. The molecule has 5 rings (SSSR count). The summed E-state index contributed by atoms with van der Waals surface area (Å²) in [5.74, 6) is 1.16. The Morgan fingerprint density at radius 2 is 1.91 bits per heavy atom. The number of hydrogen-bond donors (Lipinski definition) is 0. The average molecular weight is 476 g/mol. The number of ether oxygens (including phenoxy) is 4. The number of esters is 1. The van der Waals surface area contributed by atoms with E-state index in [2.05, 4.69) is 19.9 Å². The number of imidazole rings is 1. The lowest BCUT2D eigenvalue weighted by Crippen LogP contribution is -2.12. The van der Waals surface area contributed by atoms with Gasteiger partial charge in [0, 0.05) is 12.3 Å². The molecule has 3 heterocycles. The van der Waals surface area contributed by atoms with Crippen LogP contribution in [0.15, 0.2) is 49.1 Å². The van der Waals surface area contributed by atoms with E-state index in [1.54, 1.807) is 19.6 Å². The third kappa shape index (κ3) is 5.01. The molecule has 0 atom stereocenters. The number of carbonyl (C=O) groups is 1. The fraction of sp³-hybridized carbons (Fsp3) is 0.320. The Kier molecular flexibility index (Phi) is 6.42. The fourth-order valence-corrected chi connectivity index (χ4v) is 4.10. The van der Waals surface area contributed by atoms with Crippen molar-refractivity contribution in [1.29, 1.82) is 0 Å². The maximum atomic E-state index is 11.8. The molecule has 10 nitrogen and oxygen atoms in total. The predicted molar refractivity (Wildman–Crippen MR) is 126 cm³/mol. The highest BCUT2D eigenvalue weighted by Gasteiger charge is 2.19. The van der Waals surface area contributed by atoms with Crippen molar-refractivity contribution in [3.05, 3.63) is 60.2 Å². The number of hydrogen-bond acceptors (Lipinski definition) is 9. The van der Waals surface area contributed by atoms with Gasteiger partial charge in [0.15, 0.2) is 17.1 Å². The third-order valence-electron chi connectivity index (χ3n) is 5.86. The summed E-state index contributed by atoms with van der Waals surface area (Å²) >= 11 is 0. The van der Waals surface area contributed by atoms with Crippen molar-refractivity contribution in [2.24, 2.45) is 0 Å². The lowest BCUT2D eigenvalue weighted by molar-refractivity contribution is 0.0600. The van der Waals surface area contributed by atoms with Gasteiger partial charge in [-0.05, 0) is 49.4 Å². The Morgan fingerprint density at radius 1 is 1.06 bits per heavy atom. The van der Waals surface area contributed by atoms with Gasteiger partial charge >= 0.3 is 12.0 Å². The van der Waals surface area contributed by atoms with Gasteiger partial charge in [-0.1, -0.05) is 6.07 Å². The molecule has 10 heteroatoms. The van der Waals surface area contributed by atoms with Crippen LogP contribution in [0, 0.1) is 0 Å². The van der Waals surface area contributed by atoms with Gasteiger partial charge in [-0.25, -0.2) is 19.7 Å². The lowest BCUT2D eigenvalue weighted by Gasteiger charge is -2.17. The number of methoxy groups -OCH3 is 2. The van der Waals surface area contributed by atoms with Crippen LogP contribution in [0.1, 0.15) is 41.6 Å². The molecule has 1 saturated carbocycles. The quantitative estimate of drug-likeness (QED) is 0.347. The van der Waals surface area contributed by atoms with E-state index in [9.17, 15) is 4.79 Å². The minimum absolute atomic E-state index is 0.0914. The van der Waals surface area contributed by atoms with Crippen LogP contribution in [0.2, 0.25) is 0 Å². The van der Waals surface area contributed by atoms with E-state index >= 15 is 0 Å². The number of fused-ring (bicyclic) bond motifs is 1. The average Bonchev–Trinajstić information content (AvgIpc) is 3.54. The zero-order valence-electron chi connectivity index (χ0n) is 19.5. The standard InChI is InChI=1S/C25H25N5O5/c1-32-20-8-7-16(11-21(20)34-18-5-3-4-6-18)14-30-15-28-19-13-27-25(29-23(19)30)35-22-12-17(9-10-26-22)24(31)33-2/h7-13,15,18H,3-6,14H2,1-2H3. The Balaban J connectivity index is 1.38. The first-order valence-electron chi connectivity index (χ1n) is 11.4. The van der Waals surface area contributed by atoms with Crippen LogP contribution in [0.5, 0.6) is 23.4 Å². The van der Waals surface area contributed by atoms with Gasteiger partial charge in [0.1, 0.15) is 5.52 Å². The highest BCUT2D eigenvalue weighted by molar-refractivity contribution is 5.89. The van der Waals surface area contributed by atoms with Crippen LogP contribution >= 0.6 is 0 Å². The molecule has 0 spiro atoms. The first-order chi connectivity index (χ1) is 17.1. The molecule has 35 heavy (non-hydrogen) atoms. The van der Waals surface area contributed by atoms with Crippen molar-refractivity contribution in [3.8, 4) is 23.4 Å². The second-order valence-electron chi connectivity index (χ2n) is 8.22. The summed E-state index contributed by atoms with van der Waals surface area (Å²) in [5, 5.41) is 0. The van der Waals surface area contributed by atoms with Crippen LogP contribution in [0.4, 0.5) is 0 Å². The Morgan fingerprint density at radius 3 is 2.71 bits per heavy atom. The zero-order chi connectivity index (χ0) is 24.2. The second kappa shape index (κ2) is 9.96. The van der Waals surface area contributed by atoms with Crippen LogP contribution in [-0.4, -0.2) is 50.8 Å². The van der Waals surface area contributed by atoms with E-state index < -0.39 is 5.97 Å². The topological polar surface area (TPSA) is 110 Å². The minimum atomic E-state index is -0.484. The maximum Gasteiger partial charge on any atom is 0.338 e. The van der Waals surface area contributed by atoms with Crippen molar-refractivity contribution in [2.45, 2.75) is 38.3 Å². The number of nitrogens with zero attached hydrogens (tertiary/aromatic N) is 5. The van der Waals surface area contributed by atoms with Gasteiger partial charge in [0.2, 0.25) is 5.88 Å². The highest BCUT2D eigenvalue weighted by Crippen LogP contribution is 2.33. The zero-order valence-corrected chi connectivity index (χ0v) is 19.5. The van der Waals surface area contributed by atoms with Crippen LogP contribution in [0.3, 0.4) is 0 Å². The molecule has 0 aliphatic heterocycles. The first-order valence-corrected chi connectivity index (χ1v) is 11.4. The van der Waals surface area contributed by atoms with Gasteiger partial charge in [0.05, 0.1) is 45.0 Å². The van der Waals surface area contributed by atoms with E-state index in [0.717, 1.165) is 29.9 Å². The molecule has 0 bridgehead atoms. The van der Waals surface area contributed by atoms with E-state index in [1.165, 1.54) is 38.3 Å². The lowest BCUT2D eigenvalue weighted by atomic mass is 10.2. The number of carbonyl (C=O) groups excluding carboxylic acids is 1. The number of aromatic nitrogens is 5. The molecule has 4 aromatic rings. The molecule has 0 saturated heterocycles. The van der Waals surface area contributed by atoms with E-state index in [0.29, 0.717) is 23.3 Å². The third-order valence-corrected chi connectivity index (χ3v) is 5.86. The summed E-state index contributed by atoms with van der Waals surface area (Å²) in [6, 6.07) is 9.02. The molecule has 1 fully saturated rings. The molecule has 0 amide bonds. The van der Waals surface area contributed by atoms with Gasteiger partial charge in [-0.15, -0.1) is 0 Å². The van der Waals surface area contributed by atoms with E-state index in [1.807, 2.05) is 22.8 Å². The Bertz CT molecular complexity index is 1350. The molecule has 0 N–H and O–H groups in total. The molecular weight excluding hydrogens is 450 g/mol. The van der Waals surface area contributed by atoms with E-state index in [-0.39, 0.29) is 18.0 Å². The molecular formula is C25H25N5O5. The molecule has 0 unspecified atom stereocenters. The Labute approximate surface area is 201 Å². The summed E-state index contributed by atoms with van der Waals surface area (Å²) in [6.07, 6.45) is 9.50. The van der Waals surface area contributed by atoms with Crippen molar-refractivity contribution in [1.82, 2.24) is 24.5 Å². The summed E-state index contributed by atoms with van der Waals surface area (Å²) in [4.78, 5) is 29.0. The van der Waals surface area contributed by atoms with Crippen molar-refractivity contribution < 1.29 is 23.7 Å². The van der Waals surface area contributed by atoms with Crippen LogP contribution in [0.25, 0.3) is 11.2 Å². The van der Waals surface area contributed by atoms with Gasteiger partial charge in [0.25, 0.3) is 0 Å². The van der Waals surface area contributed by atoms with Gasteiger partial charge in [-0.3, -0.25) is 0 Å². The maximum absolute atomic E-state index is 11.8. The first kappa shape index (κ1) is 22.6. The van der Waals surface area contributed by atoms with Crippen LogP contribution in [-0.2, 0) is 11.3 Å². The molecule has 180 valence electrons. The summed E-state index contributed by atoms with van der Waals surface area (Å²) < 4.78 is 24.1. The van der Waals surface area contributed by atoms with Crippen LogP contribution < -0.4 is 14.2 Å². The number of benzene rings is 1. The minimum Gasteiger partial charge on any atom is -0.493 e. The van der Waals surface area contributed by atoms with Crippen molar-refractivity contribution in [2.75, 3.05) is 14.2 Å². The smallest absolute Gasteiger partial charge is 0.338 e. The number of pyridine rings is 1. The largest absolute Gasteiger partial charge is 0.493 e. The molecule has 1 aliphatic carbocycles. The van der Waals surface area contributed by atoms with Crippen molar-refractivity contribution >= 4 is 17.1 Å². The van der Waals surface area contributed by atoms with E-state index in [4.69, 9.17) is 18.9 Å². The van der Waals surface area contributed by atoms with Crippen molar-refractivity contribution in [3.63, 3.8) is 0 Å². The Hall–Kier alpha value is -4.21. The summed E-state index contributed by atoms with van der Waals surface area (Å²) in [7, 11) is 2.96. The fourth-order valence-electron chi connectivity index (χ4n) is 4.10. The molecule has 1 aromatic carbocycles. The highest BCUT2D eigenvalue weighted by atomic mass is 16.5.